The van der Waals surface area contributed by atoms with E-state index in [4.69, 9.17) is 16.5 Å². The molecule has 5 rings (SSSR count). The molecule has 3 nitrogen and oxygen atoms in total. The van der Waals surface area contributed by atoms with Gasteiger partial charge in [-0.15, -0.1) is 0 Å². The van der Waals surface area contributed by atoms with Gasteiger partial charge in [0.1, 0.15) is 0 Å². The van der Waals surface area contributed by atoms with Gasteiger partial charge < -0.3 is 11.5 Å². The summed E-state index contributed by atoms with van der Waals surface area (Å²) in [6, 6.07) is 45.6. The highest BCUT2D eigenvalue weighted by molar-refractivity contribution is 6.14. The van der Waals surface area contributed by atoms with Gasteiger partial charge >= 0.3 is 0 Å². The molecule has 0 aliphatic heterocycles. The van der Waals surface area contributed by atoms with E-state index in [0.717, 1.165) is 35.4 Å². The molecule has 1 atom stereocenters. The SMILES string of the molecule is CC(N)(/C=C\C=C/Cc1cccc(/C(=N/c2ccccc2N)c2ccccc2)c1)Cc1ccc(-c2ccccc2)cc1. The Labute approximate surface area is 249 Å². The van der Waals surface area contributed by atoms with Gasteiger partial charge in [0.2, 0.25) is 0 Å². The second-order valence-electron chi connectivity index (χ2n) is 10.8. The lowest BCUT2D eigenvalue weighted by Crippen LogP contribution is -2.36. The Morgan fingerprint density at radius 2 is 1.31 bits per heavy atom. The molecule has 0 saturated heterocycles. The van der Waals surface area contributed by atoms with Crippen LogP contribution < -0.4 is 11.5 Å². The van der Waals surface area contributed by atoms with Crippen LogP contribution in [0.1, 0.15) is 29.2 Å². The molecule has 4 N–H and O–H groups in total. The molecule has 0 aromatic heterocycles. The summed E-state index contributed by atoms with van der Waals surface area (Å²) in [6.07, 6.45) is 9.94. The average Bonchev–Trinajstić information content (AvgIpc) is 3.02. The number of hydrogen-bond acceptors (Lipinski definition) is 3. The minimum Gasteiger partial charge on any atom is -0.397 e. The molecule has 0 heterocycles. The monoisotopic (exact) mass is 547 g/mol. The van der Waals surface area contributed by atoms with Crippen molar-refractivity contribution < 1.29 is 0 Å². The first-order valence-electron chi connectivity index (χ1n) is 14.3. The van der Waals surface area contributed by atoms with Crippen molar-refractivity contribution in [1.82, 2.24) is 0 Å². The van der Waals surface area contributed by atoms with Crippen LogP contribution in [0.4, 0.5) is 11.4 Å². The molecule has 1 unspecified atom stereocenters. The summed E-state index contributed by atoms with van der Waals surface area (Å²) in [5.74, 6) is 0. The van der Waals surface area contributed by atoms with E-state index in [0.29, 0.717) is 5.69 Å². The summed E-state index contributed by atoms with van der Waals surface area (Å²) in [7, 11) is 0. The van der Waals surface area contributed by atoms with Crippen LogP contribution in [0.25, 0.3) is 11.1 Å². The molecule has 42 heavy (non-hydrogen) atoms. The number of nitrogens with two attached hydrogens (primary N) is 2. The third-order valence-electron chi connectivity index (χ3n) is 7.14. The highest BCUT2D eigenvalue weighted by Crippen LogP contribution is 2.25. The Morgan fingerprint density at radius 3 is 2.05 bits per heavy atom. The fourth-order valence-electron chi connectivity index (χ4n) is 4.95. The number of nitrogens with zero attached hydrogens (tertiary/aromatic N) is 1. The van der Waals surface area contributed by atoms with Crippen molar-refractivity contribution in [2.75, 3.05) is 5.73 Å². The third kappa shape index (κ3) is 7.81. The van der Waals surface area contributed by atoms with E-state index in [9.17, 15) is 0 Å². The maximum absolute atomic E-state index is 6.63. The average molecular weight is 548 g/mol. The summed E-state index contributed by atoms with van der Waals surface area (Å²) >= 11 is 0. The van der Waals surface area contributed by atoms with E-state index in [1.165, 1.54) is 22.3 Å². The molecule has 0 fully saturated rings. The number of rotatable bonds is 10. The second kappa shape index (κ2) is 13.6. The van der Waals surface area contributed by atoms with Crippen LogP contribution in [-0.2, 0) is 12.8 Å². The van der Waals surface area contributed by atoms with Gasteiger partial charge in [-0.25, -0.2) is 4.99 Å². The number of allylic oxidation sites excluding steroid dienone is 3. The summed E-state index contributed by atoms with van der Waals surface area (Å²) in [4.78, 5) is 4.98. The number of hydrogen-bond donors (Lipinski definition) is 2. The van der Waals surface area contributed by atoms with Gasteiger partial charge in [-0.2, -0.15) is 0 Å². The van der Waals surface area contributed by atoms with Crippen LogP contribution in [0.15, 0.2) is 163 Å². The lowest BCUT2D eigenvalue weighted by Gasteiger charge is -2.20. The molecular formula is C39H37N3. The Bertz CT molecular complexity index is 1680. The lowest BCUT2D eigenvalue weighted by atomic mass is 9.92. The van der Waals surface area contributed by atoms with Crippen molar-refractivity contribution in [2.24, 2.45) is 10.7 Å². The minimum atomic E-state index is -0.446. The molecule has 3 heteroatoms. The Hall–Kier alpha value is -4.99. The van der Waals surface area contributed by atoms with Crippen molar-refractivity contribution in [3.8, 4) is 11.1 Å². The smallest absolute Gasteiger partial charge is 0.0866 e. The quantitative estimate of drug-likeness (QED) is 0.104. The van der Waals surface area contributed by atoms with E-state index < -0.39 is 5.54 Å². The largest absolute Gasteiger partial charge is 0.397 e. The lowest BCUT2D eigenvalue weighted by molar-refractivity contribution is 0.582. The molecular weight excluding hydrogens is 510 g/mol. The van der Waals surface area contributed by atoms with Gasteiger partial charge in [0, 0.05) is 16.7 Å². The first-order chi connectivity index (χ1) is 20.5. The van der Waals surface area contributed by atoms with Gasteiger partial charge in [0.15, 0.2) is 0 Å². The normalized spacial score (nSPS) is 13.4. The predicted octanol–water partition coefficient (Wildman–Crippen LogP) is 8.72. The Morgan fingerprint density at radius 1 is 0.667 bits per heavy atom. The second-order valence-corrected chi connectivity index (χ2v) is 10.8. The maximum atomic E-state index is 6.63. The van der Waals surface area contributed by atoms with Crippen molar-refractivity contribution in [3.63, 3.8) is 0 Å². The van der Waals surface area contributed by atoms with E-state index in [2.05, 4.69) is 116 Å². The molecule has 0 saturated carbocycles. The molecule has 5 aromatic rings. The number of benzene rings is 5. The van der Waals surface area contributed by atoms with Gasteiger partial charge in [0.25, 0.3) is 0 Å². The zero-order chi connectivity index (χ0) is 29.2. The third-order valence-corrected chi connectivity index (χ3v) is 7.14. The predicted molar refractivity (Wildman–Crippen MR) is 179 cm³/mol. The summed E-state index contributed by atoms with van der Waals surface area (Å²) in [5, 5.41) is 0. The first-order valence-corrected chi connectivity index (χ1v) is 14.3. The summed E-state index contributed by atoms with van der Waals surface area (Å²) in [5.41, 5.74) is 21.7. The molecule has 0 spiro atoms. The number of para-hydroxylation sites is 2. The molecule has 0 bridgehead atoms. The van der Waals surface area contributed by atoms with Crippen LogP contribution in [0.5, 0.6) is 0 Å². The van der Waals surface area contributed by atoms with Crippen LogP contribution in [-0.4, -0.2) is 11.3 Å². The number of aliphatic imine (C=N–C) groups is 1. The van der Waals surface area contributed by atoms with Crippen molar-refractivity contribution in [3.05, 3.63) is 180 Å². The maximum Gasteiger partial charge on any atom is 0.0866 e. The van der Waals surface area contributed by atoms with E-state index in [-0.39, 0.29) is 0 Å². The highest BCUT2D eigenvalue weighted by Gasteiger charge is 2.15. The fraction of sp³-hybridized carbons (Fsp3) is 0.103. The van der Waals surface area contributed by atoms with Crippen LogP contribution in [0.3, 0.4) is 0 Å². The topological polar surface area (TPSA) is 64.4 Å². The van der Waals surface area contributed by atoms with E-state index >= 15 is 0 Å². The Balaban J connectivity index is 1.24. The van der Waals surface area contributed by atoms with Gasteiger partial charge in [-0.05, 0) is 60.2 Å². The molecule has 0 aliphatic rings. The van der Waals surface area contributed by atoms with Crippen LogP contribution >= 0.6 is 0 Å². The standard InChI is InChI=1S/C39H37N3/c1-39(41,29-31-23-25-33(26-24-31)32-16-6-2-7-17-32)27-12-4-5-14-30-15-13-20-35(28-30)38(34-18-8-3-9-19-34)42-37-22-11-10-21-36(37)40/h2-13,15-28H,14,29,40-41H2,1H3/b5-4-,27-12-,42-38+. The summed E-state index contributed by atoms with van der Waals surface area (Å²) in [6.45, 7) is 2.07. The van der Waals surface area contributed by atoms with Gasteiger partial charge in [-0.1, -0.05) is 140 Å². The minimum absolute atomic E-state index is 0.446. The van der Waals surface area contributed by atoms with Gasteiger partial charge in [-0.3, -0.25) is 0 Å². The van der Waals surface area contributed by atoms with Crippen molar-refractivity contribution in [2.45, 2.75) is 25.3 Å². The van der Waals surface area contributed by atoms with E-state index in [1.807, 2.05) is 48.5 Å². The molecule has 5 aromatic carbocycles. The molecule has 0 aliphatic carbocycles. The van der Waals surface area contributed by atoms with E-state index in [1.54, 1.807) is 0 Å². The Kier molecular flexibility index (Phi) is 9.23. The highest BCUT2D eigenvalue weighted by atomic mass is 14.8. The first kappa shape index (κ1) is 28.5. The molecule has 0 radical (unpaired) electrons. The summed E-state index contributed by atoms with van der Waals surface area (Å²) < 4.78 is 0. The fourth-order valence-corrected chi connectivity index (χ4v) is 4.95. The number of anilines is 1. The zero-order valence-corrected chi connectivity index (χ0v) is 24.0. The molecule has 208 valence electrons. The zero-order valence-electron chi connectivity index (χ0n) is 24.0. The van der Waals surface area contributed by atoms with Crippen molar-refractivity contribution >= 4 is 17.1 Å². The number of nitrogen functional groups attached to an aromatic ring is 1. The molecule has 0 amide bonds. The van der Waals surface area contributed by atoms with Crippen LogP contribution in [0, 0.1) is 0 Å². The van der Waals surface area contributed by atoms with Gasteiger partial charge in [0.05, 0.1) is 17.1 Å². The van der Waals surface area contributed by atoms with Crippen molar-refractivity contribution in [1.29, 1.82) is 0 Å². The van der Waals surface area contributed by atoms with Crippen LogP contribution in [0.2, 0.25) is 0 Å².